The van der Waals surface area contributed by atoms with Crippen LogP contribution in [0.5, 0.6) is 0 Å². The van der Waals surface area contributed by atoms with Crippen molar-refractivity contribution in [1.82, 2.24) is 0 Å². The highest BCUT2D eigenvalue weighted by Crippen LogP contribution is 2.50. The molecule has 0 bridgehead atoms. The van der Waals surface area contributed by atoms with Gasteiger partial charge in [-0.05, 0) is 6.92 Å². The van der Waals surface area contributed by atoms with Crippen LogP contribution in [0, 0.1) is 0 Å². The van der Waals surface area contributed by atoms with E-state index in [1.807, 2.05) is 0 Å². The molecule has 13 heavy (non-hydrogen) atoms. The SMILES string of the molecule is CCOC(=O)CC(C)P(C)(=O)OCl. The van der Waals surface area contributed by atoms with Gasteiger partial charge in [-0.3, -0.25) is 9.36 Å². The molecule has 6 heteroatoms. The van der Waals surface area contributed by atoms with Gasteiger partial charge in [-0.1, -0.05) is 6.92 Å². The van der Waals surface area contributed by atoms with Gasteiger partial charge >= 0.3 is 5.97 Å². The molecule has 0 saturated heterocycles. The Labute approximate surface area is 83.2 Å². The average Bonchev–Trinajstić information content (AvgIpc) is 2.04. The third-order valence-corrected chi connectivity index (χ3v) is 4.59. The lowest BCUT2D eigenvalue weighted by Gasteiger charge is -2.15. The molecule has 0 aliphatic carbocycles. The fraction of sp³-hybridized carbons (Fsp3) is 0.857. The van der Waals surface area contributed by atoms with E-state index in [1.54, 1.807) is 13.8 Å². The van der Waals surface area contributed by atoms with Gasteiger partial charge in [0.1, 0.15) is 0 Å². The van der Waals surface area contributed by atoms with Crippen LogP contribution in [0.3, 0.4) is 0 Å². The number of hydrogen-bond acceptors (Lipinski definition) is 4. The van der Waals surface area contributed by atoms with Gasteiger partial charge < -0.3 is 4.74 Å². The number of carbonyl (C=O) groups is 1. The minimum absolute atomic E-state index is 0.0638. The summed E-state index contributed by atoms with van der Waals surface area (Å²) < 4.78 is 20.5. The molecule has 0 radical (unpaired) electrons. The first-order chi connectivity index (χ1) is 5.94. The minimum atomic E-state index is -2.88. The maximum Gasteiger partial charge on any atom is 0.306 e. The van der Waals surface area contributed by atoms with E-state index in [9.17, 15) is 9.36 Å². The number of rotatable bonds is 5. The maximum absolute atomic E-state index is 11.5. The first kappa shape index (κ1) is 12.9. The standard InChI is InChI=1S/C7H14ClO4P/c1-4-11-7(9)5-6(2)13(3,10)12-8/h6H,4-5H2,1-3H3. The van der Waals surface area contributed by atoms with Crippen LogP contribution in [0.1, 0.15) is 20.3 Å². The van der Waals surface area contributed by atoms with Gasteiger partial charge in [0.2, 0.25) is 7.37 Å². The van der Waals surface area contributed by atoms with Gasteiger partial charge in [-0.15, -0.1) is 0 Å². The second-order valence-corrected chi connectivity index (χ2v) is 6.09. The largest absolute Gasteiger partial charge is 0.466 e. The summed E-state index contributed by atoms with van der Waals surface area (Å²) in [6.45, 7) is 5.07. The van der Waals surface area contributed by atoms with Gasteiger partial charge in [0.25, 0.3) is 0 Å². The summed E-state index contributed by atoms with van der Waals surface area (Å²) in [4.78, 5) is 11.0. The molecule has 0 amide bonds. The lowest BCUT2D eigenvalue weighted by Crippen LogP contribution is -2.13. The van der Waals surface area contributed by atoms with Gasteiger partial charge in [0, 0.05) is 12.3 Å². The van der Waals surface area contributed by atoms with Crippen molar-refractivity contribution >= 4 is 25.2 Å². The Balaban J connectivity index is 4.07. The second-order valence-electron chi connectivity index (χ2n) is 2.84. The van der Waals surface area contributed by atoms with E-state index in [4.69, 9.17) is 16.6 Å². The average molecular weight is 229 g/mol. The van der Waals surface area contributed by atoms with Crippen molar-refractivity contribution in [3.05, 3.63) is 0 Å². The van der Waals surface area contributed by atoms with Crippen molar-refractivity contribution in [2.45, 2.75) is 25.9 Å². The maximum atomic E-state index is 11.5. The van der Waals surface area contributed by atoms with Crippen LogP contribution >= 0.6 is 19.2 Å². The van der Waals surface area contributed by atoms with Crippen LogP contribution in [0.4, 0.5) is 0 Å². The third kappa shape index (κ3) is 4.65. The summed E-state index contributed by atoms with van der Waals surface area (Å²) in [5.74, 6) is -0.384. The minimum Gasteiger partial charge on any atom is -0.466 e. The van der Waals surface area contributed by atoms with Crippen molar-refractivity contribution in [2.75, 3.05) is 13.3 Å². The number of hydrogen-bond donors (Lipinski definition) is 0. The highest BCUT2D eigenvalue weighted by Gasteiger charge is 2.27. The van der Waals surface area contributed by atoms with Crippen LogP contribution in [0.25, 0.3) is 0 Å². The summed E-state index contributed by atoms with van der Waals surface area (Å²) in [7, 11) is -2.88. The molecule has 0 aliphatic heterocycles. The number of ether oxygens (including phenoxy) is 1. The molecule has 0 fully saturated rings. The first-order valence-corrected chi connectivity index (χ1v) is 6.42. The molecule has 0 aromatic carbocycles. The Bertz CT molecular complexity index is 219. The van der Waals surface area contributed by atoms with Crippen LogP contribution in [-0.2, 0) is 18.2 Å². The Morgan fingerprint density at radius 3 is 2.54 bits per heavy atom. The highest BCUT2D eigenvalue weighted by molar-refractivity contribution is 7.59. The van der Waals surface area contributed by atoms with E-state index in [2.05, 4.69) is 4.08 Å². The lowest BCUT2D eigenvalue weighted by molar-refractivity contribution is -0.143. The first-order valence-electron chi connectivity index (χ1n) is 3.97. The quantitative estimate of drug-likeness (QED) is 0.536. The van der Waals surface area contributed by atoms with Gasteiger partial charge in [-0.2, -0.15) is 0 Å². The van der Waals surface area contributed by atoms with E-state index in [0.717, 1.165) is 0 Å². The fourth-order valence-electron chi connectivity index (χ4n) is 0.695. The monoisotopic (exact) mass is 228 g/mol. The smallest absolute Gasteiger partial charge is 0.306 e. The van der Waals surface area contributed by atoms with Crippen molar-refractivity contribution in [2.24, 2.45) is 0 Å². The Morgan fingerprint density at radius 2 is 2.15 bits per heavy atom. The molecule has 0 saturated carbocycles. The van der Waals surface area contributed by atoms with Crippen molar-refractivity contribution in [1.29, 1.82) is 0 Å². The predicted molar refractivity (Wildman–Crippen MR) is 51.2 cm³/mol. The summed E-state index contributed by atoms with van der Waals surface area (Å²) in [6, 6.07) is 0. The van der Waals surface area contributed by atoms with Crippen LogP contribution < -0.4 is 0 Å². The molecular formula is C7H14ClO4P. The van der Waals surface area contributed by atoms with E-state index in [1.165, 1.54) is 6.66 Å². The lowest BCUT2D eigenvalue weighted by atomic mass is 10.3. The number of esters is 1. The second kappa shape index (κ2) is 5.63. The number of carbonyl (C=O) groups excluding carboxylic acids is 1. The zero-order valence-corrected chi connectivity index (χ0v) is 9.60. The van der Waals surface area contributed by atoms with Crippen molar-refractivity contribution in [3.8, 4) is 0 Å². The Kier molecular flexibility index (Phi) is 5.61. The predicted octanol–water partition coefficient (Wildman–Crippen LogP) is 2.41. The molecule has 78 valence electrons. The molecule has 2 unspecified atom stereocenters. The molecule has 0 rings (SSSR count). The molecule has 4 nitrogen and oxygen atoms in total. The number of halogens is 1. The topological polar surface area (TPSA) is 52.6 Å². The Hall–Kier alpha value is -0.0500. The molecule has 0 aliphatic rings. The van der Waals surface area contributed by atoms with Gasteiger partial charge in [0.15, 0.2) is 0 Å². The fourth-order valence-corrected chi connectivity index (χ4v) is 1.72. The molecule has 0 heterocycles. The van der Waals surface area contributed by atoms with Gasteiger partial charge in [-0.25, -0.2) is 4.08 Å². The summed E-state index contributed by atoms with van der Waals surface area (Å²) in [5, 5.41) is 0. The molecule has 0 spiro atoms. The van der Waals surface area contributed by atoms with E-state index < -0.39 is 13.0 Å². The molecule has 0 aromatic rings. The van der Waals surface area contributed by atoms with Crippen molar-refractivity contribution < 1.29 is 18.2 Å². The molecule has 0 aromatic heterocycles. The van der Waals surface area contributed by atoms with Crippen LogP contribution in [0.15, 0.2) is 0 Å². The molecule has 2 atom stereocenters. The highest BCUT2D eigenvalue weighted by atomic mass is 35.5. The summed E-state index contributed by atoms with van der Waals surface area (Å²) in [6.07, 6.45) is 0.0638. The molecule has 0 N–H and O–H groups in total. The Morgan fingerprint density at radius 1 is 1.62 bits per heavy atom. The van der Waals surface area contributed by atoms with E-state index in [-0.39, 0.29) is 12.4 Å². The summed E-state index contributed by atoms with van der Waals surface area (Å²) >= 11 is 5.03. The van der Waals surface area contributed by atoms with Gasteiger partial charge in [0.05, 0.1) is 24.9 Å². The zero-order chi connectivity index (χ0) is 10.5. The zero-order valence-electron chi connectivity index (χ0n) is 7.95. The van der Waals surface area contributed by atoms with Crippen LogP contribution in [0.2, 0.25) is 0 Å². The van der Waals surface area contributed by atoms with Crippen LogP contribution in [-0.4, -0.2) is 24.9 Å². The summed E-state index contributed by atoms with van der Waals surface area (Å²) in [5.41, 5.74) is -0.413. The van der Waals surface area contributed by atoms with Crippen molar-refractivity contribution in [3.63, 3.8) is 0 Å². The van der Waals surface area contributed by atoms with E-state index in [0.29, 0.717) is 6.61 Å². The normalized spacial score (nSPS) is 17.5. The van der Waals surface area contributed by atoms with E-state index >= 15 is 0 Å². The molecular weight excluding hydrogens is 214 g/mol. The third-order valence-electron chi connectivity index (χ3n) is 1.71.